The molecule has 0 amide bonds. The maximum absolute atomic E-state index is 13.4. The fourth-order valence-corrected chi connectivity index (χ4v) is 3.16. The summed E-state index contributed by atoms with van der Waals surface area (Å²) in [6, 6.07) is 6.20. The molecule has 2 heterocycles. The summed E-state index contributed by atoms with van der Waals surface area (Å²) in [5.74, 6) is -1.52. The first kappa shape index (κ1) is 13.3. The second-order valence-electron chi connectivity index (χ2n) is 4.87. The highest BCUT2D eigenvalue weighted by atomic mass is 79.9. The fourth-order valence-electron chi connectivity index (χ4n) is 2.59. The third-order valence-electron chi connectivity index (χ3n) is 3.61. The van der Waals surface area contributed by atoms with Crippen LogP contribution in [0.2, 0.25) is 0 Å². The summed E-state index contributed by atoms with van der Waals surface area (Å²) in [4.78, 5) is 15.6. The zero-order chi connectivity index (χ0) is 14.3. The van der Waals surface area contributed by atoms with Crippen LogP contribution in [0.3, 0.4) is 0 Å². The Bertz CT molecular complexity index is 684. The molecule has 3 rings (SSSR count). The van der Waals surface area contributed by atoms with Crippen molar-refractivity contribution < 1.29 is 14.3 Å². The van der Waals surface area contributed by atoms with Crippen LogP contribution >= 0.6 is 15.9 Å². The number of carboxylic acid groups (broad SMARTS) is 1. The molecule has 1 atom stereocenters. The van der Waals surface area contributed by atoms with E-state index < -0.39 is 11.9 Å². The van der Waals surface area contributed by atoms with E-state index in [0.717, 1.165) is 5.69 Å². The molecule has 1 aromatic heterocycles. The van der Waals surface area contributed by atoms with Gasteiger partial charge in [-0.2, -0.15) is 0 Å². The van der Waals surface area contributed by atoms with Crippen molar-refractivity contribution in [1.82, 2.24) is 9.55 Å². The molecule has 0 bridgehead atoms. The van der Waals surface area contributed by atoms with Crippen LogP contribution in [0.4, 0.5) is 4.39 Å². The molecule has 20 heavy (non-hydrogen) atoms. The summed E-state index contributed by atoms with van der Waals surface area (Å²) in [7, 11) is 0. The molecule has 6 heteroatoms. The van der Waals surface area contributed by atoms with Gasteiger partial charge in [-0.3, -0.25) is 4.79 Å². The number of imidazole rings is 1. The zero-order valence-electron chi connectivity index (χ0n) is 10.5. The van der Waals surface area contributed by atoms with Gasteiger partial charge in [0.1, 0.15) is 5.82 Å². The lowest BCUT2D eigenvalue weighted by Crippen LogP contribution is -2.25. The van der Waals surface area contributed by atoms with Crippen molar-refractivity contribution in [3.63, 3.8) is 0 Å². The largest absolute Gasteiger partial charge is 0.481 e. The van der Waals surface area contributed by atoms with Crippen molar-refractivity contribution in [1.29, 1.82) is 0 Å². The van der Waals surface area contributed by atoms with Crippen LogP contribution in [0.25, 0.3) is 11.3 Å². The Morgan fingerprint density at radius 1 is 1.50 bits per heavy atom. The number of benzene rings is 1. The van der Waals surface area contributed by atoms with Crippen LogP contribution in [-0.2, 0) is 17.8 Å². The molecule has 1 N–H and O–H groups in total. The highest BCUT2D eigenvalue weighted by molar-refractivity contribution is 9.10. The molecular weight excluding hydrogens is 327 g/mol. The highest BCUT2D eigenvalue weighted by Gasteiger charge is 2.29. The predicted octanol–water partition coefficient (Wildman–Crippen LogP) is 3.10. The summed E-state index contributed by atoms with van der Waals surface area (Å²) in [5, 5.41) is 9.17. The number of hydrogen-bond acceptors (Lipinski definition) is 2. The predicted molar refractivity (Wildman–Crippen MR) is 74.8 cm³/mol. The van der Waals surface area contributed by atoms with Crippen LogP contribution in [0.5, 0.6) is 0 Å². The lowest BCUT2D eigenvalue weighted by molar-refractivity contribution is -0.142. The van der Waals surface area contributed by atoms with E-state index in [1.165, 1.54) is 12.1 Å². The molecule has 1 unspecified atom stereocenters. The standard InChI is InChI=1S/C14H12BrFN2O2/c15-14-17-12(8-2-1-3-10(16)6-8)11-7-9(13(19)20)4-5-18(11)14/h1-3,6,9H,4-5,7H2,(H,19,20). The maximum atomic E-state index is 13.4. The monoisotopic (exact) mass is 338 g/mol. The van der Waals surface area contributed by atoms with Gasteiger partial charge < -0.3 is 9.67 Å². The van der Waals surface area contributed by atoms with Gasteiger partial charge in [-0.05, 0) is 34.5 Å². The highest BCUT2D eigenvalue weighted by Crippen LogP contribution is 2.33. The van der Waals surface area contributed by atoms with Crippen LogP contribution in [0.1, 0.15) is 12.1 Å². The summed E-state index contributed by atoms with van der Waals surface area (Å²) in [5.41, 5.74) is 2.17. The van der Waals surface area contributed by atoms with E-state index in [2.05, 4.69) is 20.9 Å². The zero-order valence-corrected chi connectivity index (χ0v) is 12.1. The van der Waals surface area contributed by atoms with Gasteiger partial charge in [0.15, 0.2) is 4.73 Å². The first-order valence-corrected chi connectivity index (χ1v) is 7.09. The maximum Gasteiger partial charge on any atom is 0.306 e. The average molecular weight is 339 g/mol. The van der Waals surface area contributed by atoms with Gasteiger partial charge in [-0.25, -0.2) is 9.37 Å². The first-order valence-electron chi connectivity index (χ1n) is 6.30. The summed E-state index contributed by atoms with van der Waals surface area (Å²) in [6.07, 6.45) is 1.000. The molecule has 0 radical (unpaired) electrons. The van der Waals surface area contributed by atoms with Crippen molar-refractivity contribution in [2.75, 3.05) is 0 Å². The number of rotatable bonds is 2. The molecule has 0 saturated heterocycles. The molecule has 4 nitrogen and oxygen atoms in total. The van der Waals surface area contributed by atoms with Gasteiger partial charge in [-0.15, -0.1) is 0 Å². The number of hydrogen-bond donors (Lipinski definition) is 1. The van der Waals surface area contributed by atoms with Crippen LogP contribution in [0.15, 0.2) is 29.0 Å². The summed E-state index contributed by atoms with van der Waals surface area (Å²) >= 11 is 3.39. The molecule has 1 aromatic carbocycles. The number of halogens is 2. The van der Waals surface area contributed by atoms with Gasteiger partial charge in [0.2, 0.25) is 0 Å². The van der Waals surface area contributed by atoms with Gasteiger partial charge in [0, 0.05) is 24.2 Å². The number of nitrogens with zero attached hydrogens (tertiary/aromatic N) is 2. The van der Waals surface area contributed by atoms with Crippen molar-refractivity contribution in [2.24, 2.45) is 5.92 Å². The summed E-state index contributed by atoms with van der Waals surface area (Å²) < 4.78 is 16.0. The molecule has 0 saturated carbocycles. The van der Waals surface area contributed by atoms with Crippen LogP contribution < -0.4 is 0 Å². The van der Waals surface area contributed by atoms with E-state index in [0.29, 0.717) is 35.4 Å². The number of carbonyl (C=O) groups is 1. The quantitative estimate of drug-likeness (QED) is 0.915. The number of aromatic nitrogens is 2. The topological polar surface area (TPSA) is 55.1 Å². The van der Waals surface area contributed by atoms with Gasteiger partial charge in [0.05, 0.1) is 11.6 Å². The van der Waals surface area contributed by atoms with E-state index in [1.54, 1.807) is 12.1 Å². The Morgan fingerprint density at radius 3 is 3.00 bits per heavy atom. The van der Waals surface area contributed by atoms with E-state index in [-0.39, 0.29) is 5.82 Å². The van der Waals surface area contributed by atoms with Gasteiger partial charge in [-0.1, -0.05) is 12.1 Å². The van der Waals surface area contributed by atoms with E-state index in [4.69, 9.17) is 0 Å². The Morgan fingerprint density at radius 2 is 2.30 bits per heavy atom. The number of fused-ring (bicyclic) bond motifs is 1. The molecule has 1 aliphatic rings. The van der Waals surface area contributed by atoms with Crippen LogP contribution in [0, 0.1) is 11.7 Å². The molecule has 1 aliphatic heterocycles. The third-order valence-corrected chi connectivity index (χ3v) is 4.22. The van der Waals surface area contributed by atoms with Gasteiger partial charge in [0.25, 0.3) is 0 Å². The minimum absolute atomic E-state index is 0.328. The minimum atomic E-state index is -0.793. The molecule has 104 valence electrons. The average Bonchev–Trinajstić information content (AvgIpc) is 2.76. The lowest BCUT2D eigenvalue weighted by atomic mass is 9.94. The minimum Gasteiger partial charge on any atom is -0.481 e. The second-order valence-corrected chi connectivity index (χ2v) is 5.58. The van der Waals surface area contributed by atoms with Crippen molar-refractivity contribution in [3.05, 3.63) is 40.5 Å². The lowest BCUT2D eigenvalue weighted by Gasteiger charge is -2.21. The number of carboxylic acids is 1. The molecule has 0 aliphatic carbocycles. The van der Waals surface area contributed by atoms with Gasteiger partial charge >= 0.3 is 5.97 Å². The van der Waals surface area contributed by atoms with E-state index in [1.807, 2.05) is 4.57 Å². The fraction of sp³-hybridized carbons (Fsp3) is 0.286. The van der Waals surface area contributed by atoms with E-state index >= 15 is 0 Å². The molecule has 0 fully saturated rings. The Kier molecular flexibility index (Phi) is 3.33. The first-order chi connectivity index (χ1) is 9.56. The van der Waals surface area contributed by atoms with Crippen molar-refractivity contribution in [2.45, 2.75) is 19.4 Å². The Balaban J connectivity index is 2.08. The second kappa shape index (κ2) is 5.01. The normalized spacial score (nSPS) is 17.8. The smallest absolute Gasteiger partial charge is 0.306 e. The SMILES string of the molecule is O=C(O)C1CCn2c(Br)nc(-c3cccc(F)c3)c2C1. The van der Waals surface area contributed by atoms with Crippen molar-refractivity contribution in [3.8, 4) is 11.3 Å². The van der Waals surface area contributed by atoms with Crippen molar-refractivity contribution >= 4 is 21.9 Å². The summed E-state index contributed by atoms with van der Waals surface area (Å²) in [6.45, 7) is 0.606. The molecule has 2 aromatic rings. The van der Waals surface area contributed by atoms with Crippen LogP contribution in [-0.4, -0.2) is 20.6 Å². The number of aliphatic carboxylic acids is 1. The molecule has 0 spiro atoms. The Hall–Kier alpha value is -1.69. The molecular formula is C14H12BrFN2O2. The third kappa shape index (κ3) is 2.24. The van der Waals surface area contributed by atoms with E-state index in [9.17, 15) is 14.3 Å². The Labute approximate surface area is 123 Å².